The molecule has 1 fully saturated rings. The van der Waals surface area contributed by atoms with Gasteiger partial charge in [0, 0.05) is 37.9 Å². The van der Waals surface area contributed by atoms with E-state index in [9.17, 15) is 9.59 Å². The minimum absolute atomic E-state index is 0.00626. The number of hydrogen-bond acceptors (Lipinski definition) is 3. The highest BCUT2D eigenvalue weighted by molar-refractivity contribution is 5.94. The molecule has 22 heavy (non-hydrogen) atoms. The summed E-state index contributed by atoms with van der Waals surface area (Å²) in [4.78, 5) is 30.2. The zero-order valence-electron chi connectivity index (χ0n) is 13.4. The second kappa shape index (κ2) is 7.92. The molecule has 0 saturated carbocycles. The van der Waals surface area contributed by atoms with E-state index in [1.165, 1.54) is 0 Å². The van der Waals surface area contributed by atoms with Gasteiger partial charge >= 0.3 is 0 Å². The summed E-state index contributed by atoms with van der Waals surface area (Å²) in [5.74, 6) is 0.769. The number of rotatable bonds is 5. The molecule has 1 aromatic heterocycles. The van der Waals surface area contributed by atoms with Crippen LogP contribution in [0.3, 0.4) is 0 Å². The van der Waals surface area contributed by atoms with Gasteiger partial charge < -0.3 is 10.2 Å². The Balaban J connectivity index is 1.78. The average Bonchev–Trinajstić information content (AvgIpc) is 2.54. The van der Waals surface area contributed by atoms with Crippen molar-refractivity contribution in [1.82, 2.24) is 15.2 Å². The highest BCUT2D eigenvalue weighted by Crippen LogP contribution is 2.19. The van der Waals surface area contributed by atoms with Crippen molar-refractivity contribution in [2.75, 3.05) is 19.6 Å². The van der Waals surface area contributed by atoms with Gasteiger partial charge in [0.1, 0.15) is 0 Å². The maximum Gasteiger partial charge on any atom is 0.255 e. The summed E-state index contributed by atoms with van der Waals surface area (Å²) in [6, 6.07) is 3.54. The Morgan fingerprint density at radius 1 is 1.36 bits per heavy atom. The van der Waals surface area contributed by atoms with Gasteiger partial charge in [0.15, 0.2) is 0 Å². The van der Waals surface area contributed by atoms with Crippen LogP contribution >= 0.6 is 0 Å². The lowest BCUT2D eigenvalue weighted by Crippen LogP contribution is -2.43. The Hall–Kier alpha value is -1.91. The van der Waals surface area contributed by atoms with E-state index in [2.05, 4.69) is 24.1 Å². The predicted molar refractivity (Wildman–Crippen MR) is 85.3 cm³/mol. The summed E-state index contributed by atoms with van der Waals surface area (Å²) in [5, 5.41) is 3.01. The molecule has 0 spiro atoms. The summed E-state index contributed by atoms with van der Waals surface area (Å²) in [7, 11) is 0. The monoisotopic (exact) mass is 303 g/mol. The molecule has 0 aliphatic carbocycles. The standard InChI is InChI=1S/C17H25N3O2/c1-13(2)5-9-19-16(21)14-6-10-20(11-7-14)17(22)15-4-3-8-18-12-15/h3-4,8,12-14H,5-7,9-11H2,1-2H3,(H,19,21). The fraction of sp³-hybridized carbons (Fsp3) is 0.588. The lowest BCUT2D eigenvalue weighted by atomic mass is 9.95. The molecule has 120 valence electrons. The minimum atomic E-state index is 0.00626. The molecular weight excluding hydrogens is 278 g/mol. The number of hydrogen-bond donors (Lipinski definition) is 1. The third-order valence-corrected chi connectivity index (χ3v) is 4.08. The maximum atomic E-state index is 12.3. The first-order valence-corrected chi connectivity index (χ1v) is 8.05. The Bertz CT molecular complexity index is 494. The Labute approximate surface area is 132 Å². The van der Waals surface area contributed by atoms with Crippen LogP contribution in [0.25, 0.3) is 0 Å². The fourth-order valence-corrected chi connectivity index (χ4v) is 2.64. The van der Waals surface area contributed by atoms with Gasteiger partial charge in [-0.05, 0) is 37.3 Å². The van der Waals surface area contributed by atoms with E-state index >= 15 is 0 Å². The van der Waals surface area contributed by atoms with E-state index < -0.39 is 0 Å². The van der Waals surface area contributed by atoms with Crippen LogP contribution in [0, 0.1) is 11.8 Å². The van der Waals surface area contributed by atoms with E-state index in [-0.39, 0.29) is 17.7 Å². The van der Waals surface area contributed by atoms with Crippen LogP contribution in [0.15, 0.2) is 24.5 Å². The zero-order chi connectivity index (χ0) is 15.9. The number of aromatic nitrogens is 1. The first-order chi connectivity index (χ1) is 10.6. The van der Waals surface area contributed by atoms with E-state index in [1.807, 2.05) is 4.90 Å². The molecule has 1 aliphatic rings. The summed E-state index contributed by atoms with van der Waals surface area (Å²) in [6.45, 7) is 6.31. The molecule has 0 aromatic carbocycles. The highest BCUT2D eigenvalue weighted by Gasteiger charge is 2.27. The second-order valence-corrected chi connectivity index (χ2v) is 6.28. The molecule has 2 amide bonds. The first-order valence-electron chi connectivity index (χ1n) is 8.05. The zero-order valence-corrected chi connectivity index (χ0v) is 13.4. The Morgan fingerprint density at radius 3 is 2.68 bits per heavy atom. The van der Waals surface area contributed by atoms with Crippen molar-refractivity contribution in [3.8, 4) is 0 Å². The molecule has 2 heterocycles. The molecule has 5 nitrogen and oxygen atoms in total. The number of piperidine rings is 1. The number of amides is 2. The summed E-state index contributed by atoms with van der Waals surface area (Å²) in [5.41, 5.74) is 0.613. The molecule has 1 aliphatic heterocycles. The number of likely N-dealkylation sites (tertiary alicyclic amines) is 1. The summed E-state index contributed by atoms with van der Waals surface area (Å²) in [6.07, 6.45) is 5.72. The number of nitrogens with zero attached hydrogens (tertiary/aromatic N) is 2. The van der Waals surface area contributed by atoms with Gasteiger partial charge in [-0.2, -0.15) is 0 Å². The highest BCUT2D eigenvalue weighted by atomic mass is 16.2. The van der Waals surface area contributed by atoms with Crippen molar-refractivity contribution in [3.63, 3.8) is 0 Å². The van der Waals surface area contributed by atoms with Crippen molar-refractivity contribution in [1.29, 1.82) is 0 Å². The smallest absolute Gasteiger partial charge is 0.255 e. The van der Waals surface area contributed by atoms with Gasteiger partial charge in [-0.3, -0.25) is 14.6 Å². The van der Waals surface area contributed by atoms with Crippen molar-refractivity contribution in [2.24, 2.45) is 11.8 Å². The van der Waals surface area contributed by atoms with E-state index in [0.717, 1.165) is 25.8 Å². The lowest BCUT2D eigenvalue weighted by molar-refractivity contribution is -0.126. The number of pyridine rings is 1. The molecule has 0 bridgehead atoms. The third-order valence-electron chi connectivity index (χ3n) is 4.08. The van der Waals surface area contributed by atoms with Gasteiger partial charge in [-0.1, -0.05) is 13.8 Å². The predicted octanol–water partition coefficient (Wildman–Crippen LogP) is 2.10. The van der Waals surface area contributed by atoms with E-state index in [4.69, 9.17) is 0 Å². The van der Waals surface area contributed by atoms with Crippen LogP contribution in [0.4, 0.5) is 0 Å². The van der Waals surface area contributed by atoms with Crippen LogP contribution in [-0.4, -0.2) is 41.3 Å². The lowest BCUT2D eigenvalue weighted by Gasteiger charge is -2.31. The number of carbonyl (C=O) groups is 2. The molecule has 1 aromatic rings. The van der Waals surface area contributed by atoms with Gasteiger partial charge in [-0.15, -0.1) is 0 Å². The van der Waals surface area contributed by atoms with Crippen LogP contribution in [0.5, 0.6) is 0 Å². The van der Waals surface area contributed by atoms with Crippen molar-refractivity contribution in [2.45, 2.75) is 33.1 Å². The summed E-state index contributed by atoms with van der Waals surface area (Å²) >= 11 is 0. The largest absolute Gasteiger partial charge is 0.356 e. The van der Waals surface area contributed by atoms with E-state index in [1.54, 1.807) is 24.5 Å². The molecule has 5 heteroatoms. The molecule has 0 radical (unpaired) electrons. The molecule has 0 atom stereocenters. The summed E-state index contributed by atoms with van der Waals surface area (Å²) < 4.78 is 0. The van der Waals surface area contributed by atoms with Crippen molar-refractivity contribution in [3.05, 3.63) is 30.1 Å². The quantitative estimate of drug-likeness (QED) is 0.906. The Kier molecular flexibility index (Phi) is 5.92. The van der Waals surface area contributed by atoms with Crippen molar-refractivity contribution >= 4 is 11.8 Å². The number of nitrogens with one attached hydrogen (secondary N) is 1. The molecule has 2 rings (SSSR count). The van der Waals surface area contributed by atoms with Crippen molar-refractivity contribution < 1.29 is 9.59 Å². The normalized spacial score (nSPS) is 15.9. The van der Waals surface area contributed by atoms with E-state index in [0.29, 0.717) is 24.6 Å². The fourth-order valence-electron chi connectivity index (χ4n) is 2.64. The van der Waals surface area contributed by atoms with Crippen LogP contribution in [0.2, 0.25) is 0 Å². The Morgan fingerprint density at radius 2 is 2.09 bits per heavy atom. The molecule has 0 unspecified atom stereocenters. The van der Waals surface area contributed by atoms with Crippen LogP contribution < -0.4 is 5.32 Å². The molecular formula is C17H25N3O2. The number of carbonyl (C=O) groups excluding carboxylic acids is 2. The SMILES string of the molecule is CC(C)CCNC(=O)C1CCN(C(=O)c2cccnc2)CC1. The third kappa shape index (κ3) is 4.55. The van der Waals surface area contributed by atoms with Gasteiger partial charge in [0.2, 0.25) is 5.91 Å². The first kappa shape index (κ1) is 16.5. The van der Waals surface area contributed by atoms with Crippen LogP contribution in [-0.2, 0) is 4.79 Å². The molecule has 1 N–H and O–H groups in total. The minimum Gasteiger partial charge on any atom is -0.356 e. The second-order valence-electron chi connectivity index (χ2n) is 6.28. The van der Waals surface area contributed by atoms with Gasteiger partial charge in [0.25, 0.3) is 5.91 Å². The van der Waals surface area contributed by atoms with Crippen LogP contribution in [0.1, 0.15) is 43.5 Å². The topological polar surface area (TPSA) is 62.3 Å². The van der Waals surface area contributed by atoms with Gasteiger partial charge in [0.05, 0.1) is 5.56 Å². The molecule has 1 saturated heterocycles. The average molecular weight is 303 g/mol. The van der Waals surface area contributed by atoms with Gasteiger partial charge in [-0.25, -0.2) is 0 Å². The maximum absolute atomic E-state index is 12.3.